The number of benzene rings is 4. The van der Waals surface area contributed by atoms with Gasteiger partial charge in [-0.15, -0.1) is 0 Å². The predicted molar refractivity (Wildman–Crippen MR) is 237 cm³/mol. The number of nitrogens with one attached hydrogen (secondary N) is 1. The third-order valence-corrected chi connectivity index (χ3v) is 13.8. The number of aldehydes is 1. The fourth-order valence-electron chi connectivity index (χ4n) is 9.90. The molecule has 0 radical (unpaired) electrons. The number of carbonyl (C=O) groups excluding carboxylic acids is 5. The molecule has 13 heteroatoms. The number of fused-ring (bicyclic) bond motifs is 2. The van der Waals surface area contributed by atoms with Crippen LogP contribution >= 0.6 is 11.6 Å². The van der Waals surface area contributed by atoms with Crippen molar-refractivity contribution >= 4 is 48.2 Å². The fraction of sp³-hybridized carbons (Fsp3) is 0.408. The number of hydrogen-bond acceptors (Lipinski definition) is 8. The summed E-state index contributed by atoms with van der Waals surface area (Å²) in [6, 6.07) is 22.0. The van der Waals surface area contributed by atoms with Crippen LogP contribution in [-0.2, 0) is 38.7 Å². The monoisotopic (exact) mass is 863 g/mol. The third kappa shape index (κ3) is 9.27. The van der Waals surface area contributed by atoms with Crippen LogP contribution in [0, 0.1) is 18.2 Å². The number of likely N-dealkylation sites (N-methyl/N-ethyl adjacent to an activating group) is 1. The van der Waals surface area contributed by atoms with Crippen molar-refractivity contribution in [2.24, 2.45) is 5.41 Å². The number of aryl methyl sites for hydroxylation is 2. The zero-order valence-corrected chi connectivity index (χ0v) is 36.4. The molecule has 2 fully saturated rings. The molecule has 1 spiro atoms. The highest BCUT2D eigenvalue weighted by Gasteiger charge is 2.45. The molecular weight excluding hydrogens is 809 g/mol. The standard InChI is InChI=1S/C30H30ClFN2O2.C19H25N3O4/c31-28-16-22(32)4-9-26(28)27-8-3-21-15-24(36)7-10-25(21)29(27)20-1-5-23(6-2-20)34-17-30(18-34)11-13-33(19-35)14-12-30;1-4-21-10-14-8-13(2)16(9-15(14)11-21)19(26)22(12-24)17(6-5-7-23)18(25)20-3/h1-2,4-7,9-10,15-16,19,27,29,36H,3,8,11-14,17-18H2;7-9,12,17H,4-6,10-11H2,1-3H3,(H,20,25). The van der Waals surface area contributed by atoms with Crippen molar-refractivity contribution < 1.29 is 33.5 Å². The lowest BCUT2D eigenvalue weighted by atomic mass is 9.69. The number of piperidine rings is 1. The number of rotatable bonds is 12. The number of imide groups is 1. The first kappa shape index (κ1) is 44.5. The number of hydrogen-bond donors (Lipinski definition) is 2. The van der Waals surface area contributed by atoms with E-state index in [2.05, 4.69) is 46.3 Å². The SMILES string of the molecule is CCN1Cc2cc(C)c(C(=O)N(C=O)C(CCC=O)C(=O)NC)cc2C1.O=CN1CCC2(CC1)CN(c1ccc(C3c4ccc(O)cc4CCC3c3ccc(F)cc3Cl)cc1)C2. The molecule has 326 valence electrons. The summed E-state index contributed by atoms with van der Waals surface area (Å²) in [5, 5.41) is 13.0. The Morgan fingerprint density at radius 2 is 1.65 bits per heavy atom. The third-order valence-electron chi connectivity index (χ3n) is 13.4. The summed E-state index contributed by atoms with van der Waals surface area (Å²) >= 11 is 6.54. The first-order chi connectivity index (χ1) is 29.9. The minimum Gasteiger partial charge on any atom is -0.508 e. The van der Waals surface area contributed by atoms with Crippen LogP contribution in [0.2, 0.25) is 5.02 Å². The smallest absolute Gasteiger partial charge is 0.261 e. The van der Waals surface area contributed by atoms with Gasteiger partial charge in [-0.1, -0.05) is 48.9 Å². The molecule has 62 heavy (non-hydrogen) atoms. The molecule has 4 aromatic carbocycles. The Balaban J connectivity index is 0.000000198. The number of aromatic hydroxyl groups is 1. The Labute approximate surface area is 367 Å². The van der Waals surface area contributed by atoms with E-state index in [9.17, 15) is 33.5 Å². The van der Waals surface area contributed by atoms with Gasteiger partial charge in [-0.05, 0) is 133 Å². The Kier molecular flexibility index (Phi) is 13.8. The van der Waals surface area contributed by atoms with Gasteiger partial charge in [-0.3, -0.25) is 29.0 Å². The quantitative estimate of drug-likeness (QED) is 0.144. The Morgan fingerprint density at radius 1 is 0.952 bits per heavy atom. The van der Waals surface area contributed by atoms with E-state index in [0.717, 1.165) is 105 Å². The molecule has 3 heterocycles. The van der Waals surface area contributed by atoms with Gasteiger partial charge in [0.2, 0.25) is 18.7 Å². The highest BCUT2D eigenvalue weighted by molar-refractivity contribution is 6.31. The van der Waals surface area contributed by atoms with E-state index in [0.29, 0.717) is 28.7 Å². The number of halogens is 2. The highest BCUT2D eigenvalue weighted by atomic mass is 35.5. The zero-order valence-electron chi connectivity index (χ0n) is 35.6. The van der Waals surface area contributed by atoms with Crippen LogP contribution in [0.4, 0.5) is 10.1 Å². The lowest BCUT2D eigenvalue weighted by Gasteiger charge is -2.54. The summed E-state index contributed by atoms with van der Waals surface area (Å²) in [5.74, 6) is -0.835. The summed E-state index contributed by atoms with van der Waals surface area (Å²) in [7, 11) is 1.43. The number of likely N-dealkylation sites (tertiary alicyclic amines) is 1. The minimum absolute atomic E-state index is 0.0711. The molecule has 2 N–H and O–H groups in total. The van der Waals surface area contributed by atoms with E-state index < -0.39 is 17.9 Å². The van der Waals surface area contributed by atoms with E-state index in [4.69, 9.17) is 11.6 Å². The van der Waals surface area contributed by atoms with E-state index in [1.807, 2.05) is 42.2 Å². The van der Waals surface area contributed by atoms with Gasteiger partial charge in [0.15, 0.2) is 0 Å². The normalized spacial score (nSPS) is 19.2. The summed E-state index contributed by atoms with van der Waals surface area (Å²) in [5.41, 5.74) is 9.51. The van der Waals surface area contributed by atoms with Gasteiger partial charge in [0, 0.05) is 80.3 Å². The minimum atomic E-state index is -1.00. The van der Waals surface area contributed by atoms with Crippen molar-refractivity contribution in [1.29, 1.82) is 0 Å². The van der Waals surface area contributed by atoms with E-state index in [-0.39, 0.29) is 36.2 Å². The Morgan fingerprint density at radius 3 is 2.27 bits per heavy atom. The topological polar surface area (TPSA) is 131 Å². The van der Waals surface area contributed by atoms with Crippen LogP contribution in [0.1, 0.15) is 100 Å². The summed E-state index contributed by atoms with van der Waals surface area (Å²) < 4.78 is 13.8. The molecule has 3 atom stereocenters. The van der Waals surface area contributed by atoms with Crippen molar-refractivity contribution in [3.63, 3.8) is 0 Å². The Hall–Kier alpha value is -5.59. The second-order valence-electron chi connectivity index (χ2n) is 17.2. The lowest BCUT2D eigenvalue weighted by molar-refractivity contribution is -0.131. The fourth-order valence-corrected chi connectivity index (χ4v) is 10.2. The largest absolute Gasteiger partial charge is 0.508 e. The van der Waals surface area contributed by atoms with Gasteiger partial charge < -0.3 is 25.0 Å². The van der Waals surface area contributed by atoms with Crippen molar-refractivity contribution in [2.75, 3.05) is 44.7 Å². The van der Waals surface area contributed by atoms with Gasteiger partial charge >= 0.3 is 0 Å². The number of phenolic OH excluding ortho intramolecular Hbond substituents is 1. The van der Waals surface area contributed by atoms with Gasteiger partial charge in [0.05, 0.1) is 0 Å². The van der Waals surface area contributed by atoms with Crippen LogP contribution in [0.5, 0.6) is 5.75 Å². The predicted octanol–water partition coefficient (Wildman–Crippen LogP) is 7.13. The summed E-state index contributed by atoms with van der Waals surface area (Å²) in [4.78, 5) is 65.9. The van der Waals surface area contributed by atoms with E-state index in [1.54, 1.807) is 6.07 Å². The molecule has 4 amide bonds. The second kappa shape index (κ2) is 19.2. The molecule has 0 saturated carbocycles. The van der Waals surface area contributed by atoms with Crippen LogP contribution in [0.25, 0.3) is 0 Å². The Bertz CT molecular complexity index is 2310. The number of anilines is 1. The molecule has 0 aromatic heterocycles. The first-order valence-corrected chi connectivity index (χ1v) is 21.9. The lowest BCUT2D eigenvalue weighted by Crippen LogP contribution is -2.60. The summed E-state index contributed by atoms with van der Waals surface area (Å²) in [6.07, 6.45) is 6.07. The molecule has 1 aliphatic carbocycles. The zero-order chi connectivity index (χ0) is 44.1. The molecule has 0 bridgehead atoms. The van der Waals surface area contributed by atoms with Crippen molar-refractivity contribution in [3.8, 4) is 5.75 Å². The average molecular weight is 864 g/mol. The van der Waals surface area contributed by atoms with Crippen molar-refractivity contribution in [2.45, 2.75) is 83.3 Å². The molecule has 2 saturated heterocycles. The molecule has 4 aliphatic rings. The molecule has 3 unspecified atom stereocenters. The first-order valence-electron chi connectivity index (χ1n) is 21.5. The van der Waals surface area contributed by atoms with Gasteiger partial charge in [-0.25, -0.2) is 4.39 Å². The number of nitrogens with zero attached hydrogens (tertiary/aromatic N) is 4. The van der Waals surface area contributed by atoms with E-state index >= 15 is 0 Å². The number of amides is 4. The van der Waals surface area contributed by atoms with Crippen LogP contribution in [-0.4, -0.2) is 96.5 Å². The van der Waals surface area contributed by atoms with Crippen molar-refractivity contribution in [1.82, 2.24) is 20.0 Å². The van der Waals surface area contributed by atoms with Crippen LogP contribution in [0.3, 0.4) is 0 Å². The van der Waals surface area contributed by atoms with Crippen LogP contribution in [0.15, 0.2) is 72.8 Å². The van der Waals surface area contributed by atoms with E-state index in [1.165, 1.54) is 41.6 Å². The maximum Gasteiger partial charge on any atom is 0.261 e. The maximum atomic E-state index is 13.8. The average Bonchev–Trinajstić information content (AvgIpc) is 3.68. The van der Waals surface area contributed by atoms with Gasteiger partial charge in [-0.2, -0.15) is 0 Å². The molecule has 3 aliphatic heterocycles. The van der Waals surface area contributed by atoms with Gasteiger partial charge in [0.1, 0.15) is 23.9 Å². The molecule has 11 nitrogen and oxygen atoms in total. The number of carbonyl (C=O) groups is 5. The summed E-state index contributed by atoms with van der Waals surface area (Å²) in [6.45, 7) is 10.2. The van der Waals surface area contributed by atoms with Crippen LogP contribution < -0.4 is 10.2 Å². The highest BCUT2D eigenvalue weighted by Crippen LogP contribution is 2.49. The molecule has 8 rings (SSSR count). The second-order valence-corrected chi connectivity index (χ2v) is 17.6. The van der Waals surface area contributed by atoms with Gasteiger partial charge in [0.25, 0.3) is 5.91 Å². The van der Waals surface area contributed by atoms with Crippen molar-refractivity contribution in [3.05, 3.63) is 128 Å². The maximum absolute atomic E-state index is 13.8. The molecular formula is C49H55ClFN5O6. The number of phenols is 1. The molecule has 4 aromatic rings.